The zero-order valence-electron chi connectivity index (χ0n) is 11.8. The number of hydrogen-bond donors (Lipinski definition) is 2. The minimum absolute atomic E-state index is 0.129. The van der Waals surface area contributed by atoms with Gasteiger partial charge < -0.3 is 15.1 Å². The smallest absolute Gasteiger partial charge is 0.240 e. The van der Waals surface area contributed by atoms with Crippen LogP contribution < -0.4 is 10.6 Å². The second kappa shape index (κ2) is 7.07. The largest absolute Gasteiger partial charge is 0.460 e. The Bertz CT molecular complexity index is 594. The van der Waals surface area contributed by atoms with Gasteiger partial charge in [-0.15, -0.1) is 5.10 Å². The summed E-state index contributed by atoms with van der Waals surface area (Å²) < 4.78 is 5.30. The highest BCUT2D eigenvalue weighted by molar-refractivity contribution is 8.15. The van der Waals surface area contributed by atoms with Crippen molar-refractivity contribution >= 4 is 35.0 Å². The second-order valence-electron chi connectivity index (χ2n) is 4.35. The third kappa shape index (κ3) is 4.45. The summed E-state index contributed by atoms with van der Waals surface area (Å²) in [7, 11) is 0. The van der Waals surface area contributed by atoms with Crippen molar-refractivity contribution in [2.75, 3.05) is 6.54 Å². The van der Waals surface area contributed by atoms with E-state index in [0.29, 0.717) is 17.5 Å². The van der Waals surface area contributed by atoms with Crippen molar-refractivity contribution in [2.45, 2.75) is 25.5 Å². The van der Waals surface area contributed by atoms with Crippen LogP contribution >= 0.6 is 11.8 Å². The summed E-state index contributed by atoms with van der Waals surface area (Å²) in [6.07, 6.45) is 1.59. The predicted octanol–water partition coefficient (Wildman–Crippen LogP) is 1.04. The molecule has 0 bridgehead atoms. The number of rotatable bonds is 5. The summed E-state index contributed by atoms with van der Waals surface area (Å²) in [6, 6.07) is 3.60. The van der Waals surface area contributed by atoms with E-state index in [4.69, 9.17) is 4.42 Å². The quantitative estimate of drug-likeness (QED) is 0.627. The van der Waals surface area contributed by atoms with Crippen LogP contribution in [0, 0.1) is 6.92 Å². The maximum absolute atomic E-state index is 11.7. The average molecular weight is 308 g/mol. The summed E-state index contributed by atoms with van der Waals surface area (Å²) in [5.41, 5.74) is 0. The Hall–Kier alpha value is -2.09. The van der Waals surface area contributed by atoms with Crippen molar-refractivity contribution in [2.24, 2.45) is 10.2 Å². The number of nitrogens with zero attached hydrogens (tertiary/aromatic N) is 2. The predicted molar refractivity (Wildman–Crippen MR) is 81.3 cm³/mol. The maximum atomic E-state index is 11.7. The zero-order chi connectivity index (χ0) is 15.2. The molecule has 1 saturated heterocycles. The Morgan fingerprint density at radius 3 is 3.05 bits per heavy atom. The number of carbonyl (C=O) groups excluding carboxylic acids is 2. The van der Waals surface area contributed by atoms with Gasteiger partial charge in [0.25, 0.3) is 0 Å². The van der Waals surface area contributed by atoms with Crippen LogP contribution in [0.25, 0.3) is 0 Å². The first-order valence-corrected chi connectivity index (χ1v) is 7.38. The monoisotopic (exact) mass is 308 g/mol. The summed E-state index contributed by atoms with van der Waals surface area (Å²) in [4.78, 5) is 23.2. The van der Waals surface area contributed by atoms with E-state index in [1.165, 1.54) is 18.0 Å². The van der Waals surface area contributed by atoms with E-state index < -0.39 is 5.25 Å². The fourth-order valence-electron chi connectivity index (χ4n) is 1.69. The van der Waals surface area contributed by atoms with Gasteiger partial charge in [-0.05, 0) is 26.0 Å². The molecule has 1 aromatic rings. The van der Waals surface area contributed by atoms with E-state index in [2.05, 4.69) is 20.8 Å². The lowest BCUT2D eigenvalue weighted by atomic mass is 10.3. The minimum Gasteiger partial charge on any atom is -0.460 e. The van der Waals surface area contributed by atoms with Gasteiger partial charge in [0.1, 0.15) is 16.8 Å². The summed E-state index contributed by atoms with van der Waals surface area (Å²) in [5.74, 6) is 0.995. The van der Waals surface area contributed by atoms with Crippen LogP contribution in [0.4, 0.5) is 0 Å². The third-order valence-corrected chi connectivity index (χ3v) is 3.69. The highest BCUT2D eigenvalue weighted by Crippen LogP contribution is 2.22. The molecule has 1 fully saturated rings. The zero-order valence-corrected chi connectivity index (χ0v) is 12.6. The number of furan rings is 1. The Morgan fingerprint density at radius 2 is 2.38 bits per heavy atom. The van der Waals surface area contributed by atoms with Crippen molar-refractivity contribution < 1.29 is 14.0 Å². The van der Waals surface area contributed by atoms with Crippen molar-refractivity contribution in [3.8, 4) is 0 Å². The van der Waals surface area contributed by atoms with Crippen LogP contribution in [0.15, 0.2) is 26.8 Å². The number of nitrogens with one attached hydrogen (secondary N) is 2. The van der Waals surface area contributed by atoms with Crippen LogP contribution in [0.3, 0.4) is 0 Å². The molecule has 112 valence electrons. The number of carbonyl (C=O) groups is 2. The summed E-state index contributed by atoms with van der Waals surface area (Å²) in [5, 5.41) is 12.9. The molecule has 2 N–H and O–H groups in total. The van der Waals surface area contributed by atoms with Gasteiger partial charge in [0.2, 0.25) is 11.8 Å². The fraction of sp³-hybridized carbons (Fsp3) is 0.385. The average Bonchev–Trinajstić information content (AvgIpc) is 2.97. The molecular weight excluding hydrogens is 292 g/mol. The fourth-order valence-corrected chi connectivity index (χ4v) is 2.61. The molecule has 2 amide bonds. The van der Waals surface area contributed by atoms with Crippen molar-refractivity contribution in [1.82, 2.24) is 10.6 Å². The van der Waals surface area contributed by atoms with E-state index in [9.17, 15) is 9.59 Å². The van der Waals surface area contributed by atoms with Gasteiger partial charge in [-0.2, -0.15) is 5.10 Å². The molecule has 1 aliphatic heterocycles. The summed E-state index contributed by atoms with van der Waals surface area (Å²) in [6.45, 7) is 4.21. The molecule has 1 aliphatic rings. The molecule has 1 aromatic heterocycles. The second-order valence-corrected chi connectivity index (χ2v) is 5.54. The van der Waals surface area contributed by atoms with Crippen LogP contribution in [0.1, 0.15) is 24.9 Å². The van der Waals surface area contributed by atoms with E-state index in [-0.39, 0.29) is 18.2 Å². The van der Waals surface area contributed by atoms with E-state index in [0.717, 1.165) is 5.76 Å². The van der Waals surface area contributed by atoms with Crippen molar-refractivity contribution in [3.63, 3.8) is 0 Å². The normalized spacial score (nSPS) is 20.2. The molecular formula is C13H16N4O3S. The molecule has 21 heavy (non-hydrogen) atoms. The highest BCUT2D eigenvalue weighted by Gasteiger charge is 2.32. The highest BCUT2D eigenvalue weighted by atomic mass is 32.2. The molecule has 0 unspecified atom stereocenters. The first-order chi connectivity index (χ1) is 10.1. The molecule has 7 nitrogen and oxygen atoms in total. The Kier molecular flexibility index (Phi) is 5.15. The van der Waals surface area contributed by atoms with Crippen LogP contribution in [-0.4, -0.2) is 35.0 Å². The molecule has 2 rings (SSSR count). The Labute approximate surface area is 126 Å². The molecule has 2 heterocycles. The Balaban J connectivity index is 1.91. The lowest BCUT2D eigenvalue weighted by Gasteiger charge is -2.04. The molecule has 0 aromatic carbocycles. The number of amides is 2. The van der Waals surface area contributed by atoms with Gasteiger partial charge in [-0.25, -0.2) is 0 Å². The molecule has 0 aliphatic carbocycles. The number of aryl methyl sites for hydroxylation is 1. The SMILES string of the molecule is CCNC(=O)C[C@@H]1S/C(=N/N=C\c2ccc(C)o2)NC1=O. The molecule has 8 heteroatoms. The number of hydrogen-bond acceptors (Lipinski definition) is 6. The molecule has 0 saturated carbocycles. The first kappa shape index (κ1) is 15.3. The molecule has 0 spiro atoms. The van der Waals surface area contributed by atoms with Crippen LogP contribution in [0.2, 0.25) is 0 Å². The molecule has 1 atom stereocenters. The minimum atomic E-state index is -0.462. The standard InChI is InChI=1S/C13H16N4O3S/c1-3-14-11(18)6-10-12(19)16-13(21-10)17-15-7-9-5-4-8(2)20-9/h4-5,7,10H,3,6H2,1-2H3,(H,14,18)(H,16,17,19)/b15-7-/t10-/m0/s1. The summed E-state index contributed by atoms with van der Waals surface area (Å²) >= 11 is 1.20. The van der Waals surface area contributed by atoms with Gasteiger partial charge in [-0.3, -0.25) is 9.59 Å². The van der Waals surface area contributed by atoms with Crippen LogP contribution in [-0.2, 0) is 9.59 Å². The van der Waals surface area contributed by atoms with Gasteiger partial charge in [0, 0.05) is 13.0 Å². The topological polar surface area (TPSA) is 96.1 Å². The van der Waals surface area contributed by atoms with Gasteiger partial charge in [0.15, 0.2) is 5.17 Å². The van der Waals surface area contributed by atoms with Gasteiger partial charge in [0.05, 0.1) is 6.21 Å². The van der Waals surface area contributed by atoms with E-state index in [1.54, 1.807) is 6.07 Å². The van der Waals surface area contributed by atoms with Crippen molar-refractivity contribution in [1.29, 1.82) is 0 Å². The Morgan fingerprint density at radius 1 is 1.57 bits per heavy atom. The molecule has 0 radical (unpaired) electrons. The number of thioether (sulfide) groups is 1. The maximum Gasteiger partial charge on any atom is 0.240 e. The van der Waals surface area contributed by atoms with E-state index in [1.807, 2.05) is 19.9 Å². The van der Waals surface area contributed by atoms with Crippen molar-refractivity contribution in [3.05, 3.63) is 23.7 Å². The van der Waals surface area contributed by atoms with Crippen LogP contribution in [0.5, 0.6) is 0 Å². The third-order valence-electron chi connectivity index (χ3n) is 2.62. The lowest BCUT2D eigenvalue weighted by molar-refractivity contribution is -0.125. The van der Waals surface area contributed by atoms with Gasteiger partial charge in [-0.1, -0.05) is 11.8 Å². The lowest BCUT2D eigenvalue weighted by Crippen LogP contribution is -2.31. The number of amidine groups is 1. The van der Waals surface area contributed by atoms with Gasteiger partial charge >= 0.3 is 0 Å². The van der Waals surface area contributed by atoms with E-state index >= 15 is 0 Å². The first-order valence-electron chi connectivity index (χ1n) is 6.50.